The zero-order valence-electron chi connectivity index (χ0n) is 18.3. The molecule has 2 aliphatic rings. The van der Waals surface area contributed by atoms with Crippen LogP contribution in [0.2, 0.25) is 0 Å². The maximum absolute atomic E-state index is 13.1. The molecule has 2 fully saturated rings. The van der Waals surface area contributed by atoms with Crippen molar-refractivity contribution in [1.29, 1.82) is 0 Å². The van der Waals surface area contributed by atoms with Gasteiger partial charge in [0.1, 0.15) is 15.4 Å². The van der Waals surface area contributed by atoms with Gasteiger partial charge in [-0.2, -0.15) is 17.9 Å². The number of alkyl halides is 3. The molecule has 2 unspecified atom stereocenters. The lowest BCUT2D eigenvalue weighted by atomic mass is 10.1. The number of halogens is 3. The third kappa shape index (κ3) is 4.29. The van der Waals surface area contributed by atoms with Gasteiger partial charge in [0.15, 0.2) is 0 Å². The highest BCUT2D eigenvalue weighted by Gasteiger charge is 2.63. The molecular formula is C22H18F3N3O6S2. The molecule has 1 aliphatic heterocycles. The second-order valence-corrected chi connectivity index (χ2v) is 11.6. The van der Waals surface area contributed by atoms with Crippen LogP contribution in [0, 0.1) is 0 Å². The van der Waals surface area contributed by atoms with Crippen LogP contribution in [-0.4, -0.2) is 42.6 Å². The van der Waals surface area contributed by atoms with Crippen LogP contribution in [0.3, 0.4) is 0 Å². The Morgan fingerprint density at radius 2 is 2.03 bits per heavy atom. The number of sulfonamides is 1. The van der Waals surface area contributed by atoms with Crippen LogP contribution in [0.4, 0.5) is 18.9 Å². The number of thiophene rings is 1. The monoisotopic (exact) mass is 541 g/mol. The second-order valence-electron chi connectivity index (χ2n) is 8.58. The number of rotatable bonds is 7. The molecule has 3 heterocycles. The van der Waals surface area contributed by atoms with Crippen molar-refractivity contribution >= 4 is 38.9 Å². The lowest BCUT2D eigenvalue weighted by Gasteiger charge is -2.18. The van der Waals surface area contributed by atoms with Crippen LogP contribution >= 0.6 is 11.3 Å². The zero-order chi connectivity index (χ0) is 25.9. The first kappa shape index (κ1) is 24.5. The summed E-state index contributed by atoms with van der Waals surface area (Å²) in [5, 5.41) is 13.3. The first-order valence-electron chi connectivity index (χ1n) is 10.7. The molecule has 9 nitrogen and oxygen atoms in total. The van der Waals surface area contributed by atoms with Crippen molar-refractivity contribution in [3.8, 4) is 10.6 Å². The molecule has 2 atom stereocenters. The number of carbonyl (C=O) groups excluding carboxylic acids is 1. The van der Waals surface area contributed by atoms with Gasteiger partial charge in [-0.1, -0.05) is 17.3 Å². The number of anilines is 1. The van der Waals surface area contributed by atoms with Crippen LogP contribution in [0.25, 0.3) is 10.6 Å². The standard InChI is InChI=1S/C22H18F3N3O6S2/c23-22(24,25)17-10-15(26-34-17)16-6-7-19(35-16)36(32,33)27-21(20(30)31)11-14(21)12-3-1-4-13(9-12)28-8-2-5-18(28)29/h1,3-4,6-7,9-10,14,27H,2,5,8,11H2,(H,30,31). The summed E-state index contributed by atoms with van der Waals surface area (Å²) in [6.07, 6.45) is -3.59. The van der Waals surface area contributed by atoms with Gasteiger partial charge in [-0.3, -0.25) is 9.59 Å². The quantitative estimate of drug-likeness (QED) is 0.465. The van der Waals surface area contributed by atoms with Crippen LogP contribution in [0.1, 0.15) is 36.5 Å². The number of benzene rings is 1. The van der Waals surface area contributed by atoms with E-state index in [2.05, 4.69) is 14.4 Å². The summed E-state index contributed by atoms with van der Waals surface area (Å²) in [4.78, 5) is 26.0. The van der Waals surface area contributed by atoms with Crippen molar-refractivity contribution in [1.82, 2.24) is 9.88 Å². The van der Waals surface area contributed by atoms with Gasteiger partial charge in [0, 0.05) is 30.6 Å². The van der Waals surface area contributed by atoms with Crippen LogP contribution in [0.5, 0.6) is 0 Å². The van der Waals surface area contributed by atoms with E-state index in [0.717, 1.165) is 12.5 Å². The highest BCUT2D eigenvalue weighted by atomic mass is 32.2. The third-order valence-corrected chi connectivity index (χ3v) is 9.31. The number of amides is 1. The van der Waals surface area contributed by atoms with Crippen LogP contribution in [0.15, 0.2) is 51.2 Å². The number of carbonyl (C=O) groups is 2. The van der Waals surface area contributed by atoms with Gasteiger partial charge in [-0.15, -0.1) is 11.3 Å². The average molecular weight is 542 g/mol. The number of hydrogen-bond acceptors (Lipinski definition) is 7. The van der Waals surface area contributed by atoms with E-state index in [0.29, 0.717) is 41.6 Å². The Labute approximate surface area is 206 Å². The number of nitrogens with zero attached hydrogens (tertiary/aromatic N) is 2. The summed E-state index contributed by atoms with van der Waals surface area (Å²) in [7, 11) is -4.34. The summed E-state index contributed by atoms with van der Waals surface area (Å²) in [5.41, 5.74) is -0.794. The highest BCUT2D eigenvalue weighted by molar-refractivity contribution is 7.91. The first-order chi connectivity index (χ1) is 16.9. The minimum atomic E-state index is -4.74. The Morgan fingerprint density at radius 3 is 2.67 bits per heavy atom. The Hall–Kier alpha value is -3.23. The molecule has 2 N–H and O–H groups in total. The predicted molar refractivity (Wildman–Crippen MR) is 121 cm³/mol. The second kappa shape index (κ2) is 8.42. The number of carboxylic acid groups (broad SMARTS) is 1. The molecule has 1 saturated carbocycles. The van der Waals surface area contributed by atoms with Gasteiger partial charge in [-0.05, 0) is 42.7 Å². The number of aliphatic carboxylic acids is 1. The van der Waals surface area contributed by atoms with Gasteiger partial charge in [0.2, 0.25) is 11.7 Å². The van der Waals surface area contributed by atoms with E-state index in [4.69, 9.17) is 0 Å². The SMILES string of the molecule is O=C1CCCN1c1cccc(C2CC2(NS(=O)(=O)c2ccc(-c3cc(C(F)(F)F)on3)s2)C(=O)O)c1. The van der Waals surface area contributed by atoms with E-state index in [1.165, 1.54) is 6.07 Å². The van der Waals surface area contributed by atoms with E-state index in [1.54, 1.807) is 29.2 Å². The zero-order valence-corrected chi connectivity index (χ0v) is 19.9. The van der Waals surface area contributed by atoms with E-state index in [1.807, 2.05) is 0 Å². The third-order valence-electron chi connectivity index (χ3n) is 6.20. The van der Waals surface area contributed by atoms with Crippen molar-refractivity contribution in [3.63, 3.8) is 0 Å². The van der Waals surface area contributed by atoms with Crippen LogP contribution in [-0.2, 0) is 25.8 Å². The average Bonchev–Trinajstić information content (AvgIpc) is 3.26. The molecule has 1 saturated heterocycles. The fourth-order valence-electron chi connectivity index (χ4n) is 4.31. The molecular weight excluding hydrogens is 523 g/mol. The maximum Gasteiger partial charge on any atom is 0.452 e. The molecule has 0 radical (unpaired) electrons. The van der Waals surface area contributed by atoms with Crippen LogP contribution < -0.4 is 9.62 Å². The van der Waals surface area contributed by atoms with Crippen molar-refractivity contribution in [2.75, 3.05) is 11.4 Å². The van der Waals surface area contributed by atoms with E-state index in [-0.39, 0.29) is 27.1 Å². The first-order valence-corrected chi connectivity index (χ1v) is 13.0. The lowest BCUT2D eigenvalue weighted by Crippen LogP contribution is -2.44. The van der Waals surface area contributed by atoms with Crippen molar-refractivity contribution in [2.24, 2.45) is 0 Å². The number of aromatic nitrogens is 1. The van der Waals surface area contributed by atoms with Gasteiger partial charge >= 0.3 is 12.1 Å². The van der Waals surface area contributed by atoms with Gasteiger partial charge in [0.25, 0.3) is 10.0 Å². The fraction of sp³-hybridized carbons (Fsp3) is 0.318. The molecule has 1 aliphatic carbocycles. The summed E-state index contributed by atoms with van der Waals surface area (Å²) in [6, 6.07) is 9.89. The number of hydrogen-bond donors (Lipinski definition) is 2. The maximum atomic E-state index is 13.1. The Kier molecular flexibility index (Phi) is 5.72. The molecule has 0 bridgehead atoms. The lowest BCUT2D eigenvalue weighted by molar-refractivity contribution is -0.155. The molecule has 36 heavy (non-hydrogen) atoms. The molecule has 1 aromatic carbocycles. The summed E-state index contributed by atoms with van der Waals surface area (Å²) in [5.74, 6) is -3.39. The summed E-state index contributed by atoms with van der Waals surface area (Å²) < 4.78 is 70.7. The number of carboxylic acids is 1. The highest BCUT2D eigenvalue weighted by Crippen LogP contribution is 2.53. The van der Waals surface area contributed by atoms with Gasteiger partial charge < -0.3 is 14.5 Å². The van der Waals surface area contributed by atoms with Crippen molar-refractivity contribution in [3.05, 3.63) is 53.8 Å². The molecule has 2 aromatic heterocycles. The molecule has 1 amide bonds. The summed E-state index contributed by atoms with van der Waals surface area (Å²) >= 11 is 0.636. The predicted octanol–water partition coefficient (Wildman–Crippen LogP) is 3.84. The minimum Gasteiger partial charge on any atom is -0.480 e. The summed E-state index contributed by atoms with van der Waals surface area (Å²) in [6.45, 7) is 0.556. The van der Waals surface area contributed by atoms with Gasteiger partial charge in [-0.25, -0.2) is 8.42 Å². The van der Waals surface area contributed by atoms with E-state index in [9.17, 15) is 36.3 Å². The molecule has 190 valence electrons. The molecule has 5 rings (SSSR count). The molecule has 14 heteroatoms. The van der Waals surface area contributed by atoms with E-state index < -0.39 is 39.4 Å². The largest absolute Gasteiger partial charge is 0.480 e. The Morgan fingerprint density at radius 1 is 1.25 bits per heavy atom. The molecule has 3 aromatic rings. The Balaban J connectivity index is 1.38. The van der Waals surface area contributed by atoms with Gasteiger partial charge in [0.05, 0.1) is 4.88 Å². The topological polar surface area (TPSA) is 130 Å². The smallest absolute Gasteiger partial charge is 0.452 e. The normalized spacial score (nSPS) is 22.2. The number of nitrogens with one attached hydrogen (secondary N) is 1. The fourth-order valence-corrected chi connectivity index (χ4v) is 6.97. The van der Waals surface area contributed by atoms with E-state index >= 15 is 0 Å². The van der Waals surface area contributed by atoms with Crippen molar-refractivity contribution in [2.45, 2.75) is 41.1 Å². The minimum absolute atomic E-state index is 0.00454. The van der Waals surface area contributed by atoms with Crippen molar-refractivity contribution < 1.29 is 40.8 Å². The Bertz CT molecular complexity index is 1470. The molecule has 0 spiro atoms.